The van der Waals surface area contributed by atoms with Crippen molar-refractivity contribution in [2.75, 3.05) is 0 Å². The molecule has 2 aromatic carbocycles. The van der Waals surface area contributed by atoms with Gasteiger partial charge in [-0.25, -0.2) is 4.98 Å². The van der Waals surface area contributed by atoms with E-state index in [-0.39, 0.29) is 12.0 Å². The molecule has 4 nitrogen and oxygen atoms in total. The van der Waals surface area contributed by atoms with Crippen molar-refractivity contribution >= 4 is 33.5 Å². The summed E-state index contributed by atoms with van der Waals surface area (Å²) in [5, 5.41) is 2.07. The van der Waals surface area contributed by atoms with E-state index in [4.69, 9.17) is 19.4 Å². The number of nitrogens with zero attached hydrogens (tertiary/aromatic N) is 3. The second-order valence-corrected chi connectivity index (χ2v) is 10.8. The zero-order chi connectivity index (χ0) is 26.6. The predicted octanol–water partition coefficient (Wildman–Crippen LogP) is 8.32. The highest BCUT2D eigenvalue weighted by Gasteiger charge is 2.33. The summed E-state index contributed by atoms with van der Waals surface area (Å²) in [6.07, 6.45) is 5.42. The van der Waals surface area contributed by atoms with Gasteiger partial charge in [0.2, 0.25) is 5.71 Å². The van der Waals surface area contributed by atoms with Gasteiger partial charge in [-0.3, -0.25) is 9.98 Å². The molecule has 4 heterocycles. The highest BCUT2D eigenvalue weighted by atomic mass is 16.3. The highest BCUT2D eigenvalue weighted by Crippen LogP contribution is 2.41. The SMILES string of the molecule is C=CC1=NC2C(=C)N=C(C=C)c3c(ccc4c3oc3nc(C(C)C(C)C)ccc34)CCC2c2ccccc21. The number of fused-ring (bicyclic) bond motifs is 8. The molecule has 2 aliphatic rings. The van der Waals surface area contributed by atoms with Gasteiger partial charge in [0.15, 0.2) is 0 Å². The molecule has 0 spiro atoms. The summed E-state index contributed by atoms with van der Waals surface area (Å²) in [4.78, 5) is 15.1. The first-order valence-electron chi connectivity index (χ1n) is 13.5. The summed E-state index contributed by atoms with van der Waals surface area (Å²) < 4.78 is 6.53. The van der Waals surface area contributed by atoms with Crippen LogP contribution in [0.2, 0.25) is 0 Å². The molecule has 2 aliphatic heterocycles. The number of aliphatic imine (C=N–C) groups is 2. The molecule has 190 valence electrons. The number of rotatable bonds is 4. The van der Waals surface area contributed by atoms with E-state index in [9.17, 15) is 0 Å². The molecule has 3 atom stereocenters. The Morgan fingerprint density at radius 1 is 0.947 bits per heavy atom. The van der Waals surface area contributed by atoms with Gasteiger partial charge >= 0.3 is 0 Å². The maximum absolute atomic E-state index is 6.53. The van der Waals surface area contributed by atoms with Gasteiger partial charge < -0.3 is 4.42 Å². The Morgan fingerprint density at radius 2 is 1.71 bits per heavy atom. The molecule has 3 unspecified atom stereocenters. The van der Waals surface area contributed by atoms with Crippen LogP contribution in [0.25, 0.3) is 22.1 Å². The van der Waals surface area contributed by atoms with Crippen molar-refractivity contribution < 1.29 is 4.42 Å². The molecule has 0 saturated carbocycles. The lowest BCUT2D eigenvalue weighted by molar-refractivity contribution is 0.521. The van der Waals surface area contributed by atoms with Crippen LogP contribution in [0.4, 0.5) is 0 Å². The van der Waals surface area contributed by atoms with Gasteiger partial charge in [0.05, 0.1) is 23.2 Å². The van der Waals surface area contributed by atoms with Crippen LogP contribution in [0.1, 0.15) is 67.0 Å². The fourth-order valence-corrected chi connectivity index (χ4v) is 5.91. The third-order valence-electron chi connectivity index (χ3n) is 8.35. The van der Waals surface area contributed by atoms with Crippen molar-refractivity contribution in [3.8, 4) is 0 Å². The molecule has 4 aromatic rings. The van der Waals surface area contributed by atoms with E-state index in [2.05, 4.69) is 89.0 Å². The van der Waals surface area contributed by atoms with Crippen LogP contribution in [-0.2, 0) is 6.42 Å². The first-order chi connectivity index (χ1) is 18.4. The zero-order valence-electron chi connectivity index (χ0n) is 22.4. The molecular formula is C34H33N3O. The molecule has 2 aromatic heterocycles. The molecular weight excluding hydrogens is 466 g/mol. The van der Waals surface area contributed by atoms with Crippen molar-refractivity contribution in [3.05, 3.63) is 114 Å². The van der Waals surface area contributed by atoms with Crippen molar-refractivity contribution in [3.63, 3.8) is 0 Å². The van der Waals surface area contributed by atoms with E-state index in [1.807, 2.05) is 12.2 Å². The van der Waals surface area contributed by atoms with Crippen LogP contribution < -0.4 is 0 Å². The number of aryl methyl sites for hydroxylation is 1. The fraction of sp³-hybridized carbons (Fsp3) is 0.265. The summed E-state index contributed by atoms with van der Waals surface area (Å²) in [5.41, 5.74) is 9.52. The van der Waals surface area contributed by atoms with E-state index >= 15 is 0 Å². The monoisotopic (exact) mass is 499 g/mol. The second kappa shape index (κ2) is 9.36. The third kappa shape index (κ3) is 3.78. The number of allylic oxidation sites excluding steroid dienone is 2. The minimum atomic E-state index is -0.157. The van der Waals surface area contributed by atoms with Gasteiger partial charge in [-0.05, 0) is 54.2 Å². The maximum atomic E-state index is 6.53. The van der Waals surface area contributed by atoms with E-state index in [1.165, 1.54) is 11.1 Å². The zero-order valence-corrected chi connectivity index (χ0v) is 22.4. The molecule has 0 radical (unpaired) electrons. The van der Waals surface area contributed by atoms with Crippen LogP contribution in [0.5, 0.6) is 0 Å². The first-order valence-corrected chi connectivity index (χ1v) is 13.5. The van der Waals surface area contributed by atoms with Crippen molar-refractivity contribution in [2.24, 2.45) is 15.9 Å². The molecule has 0 amide bonds. The van der Waals surface area contributed by atoms with Crippen LogP contribution in [-0.4, -0.2) is 22.4 Å². The average molecular weight is 500 g/mol. The molecule has 0 fully saturated rings. The smallest absolute Gasteiger partial charge is 0.227 e. The summed E-state index contributed by atoms with van der Waals surface area (Å²) in [6, 6.07) is 17.0. The summed E-state index contributed by atoms with van der Waals surface area (Å²) in [7, 11) is 0. The van der Waals surface area contributed by atoms with Crippen LogP contribution in [0, 0.1) is 5.92 Å². The number of aromatic nitrogens is 1. The molecule has 0 aliphatic carbocycles. The Kier molecular flexibility index (Phi) is 5.98. The Balaban J connectivity index is 1.54. The van der Waals surface area contributed by atoms with Crippen LogP contribution in [0.3, 0.4) is 0 Å². The van der Waals surface area contributed by atoms with Gasteiger partial charge in [0, 0.05) is 39.4 Å². The fourth-order valence-electron chi connectivity index (χ4n) is 5.91. The lowest BCUT2D eigenvalue weighted by atomic mass is 9.79. The van der Waals surface area contributed by atoms with Gasteiger partial charge in [0.25, 0.3) is 0 Å². The molecule has 0 saturated heterocycles. The Hall–Kier alpha value is -4.05. The second-order valence-electron chi connectivity index (χ2n) is 10.8. The van der Waals surface area contributed by atoms with Crippen molar-refractivity contribution in [1.29, 1.82) is 0 Å². The lowest BCUT2D eigenvalue weighted by Crippen LogP contribution is -2.27. The largest absolute Gasteiger partial charge is 0.437 e. The number of pyridine rings is 1. The molecule has 0 N–H and O–H groups in total. The van der Waals surface area contributed by atoms with Crippen LogP contribution in [0.15, 0.2) is 101 Å². The topological polar surface area (TPSA) is 50.8 Å². The van der Waals surface area contributed by atoms with Gasteiger partial charge in [-0.2, -0.15) is 0 Å². The van der Waals surface area contributed by atoms with E-state index in [0.717, 1.165) is 63.1 Å². The summed E-state index contributed by atoms with van der Waals surface area (Å²) in [6.45, 7) is 19.2. The number of hydrogen-bond acceptors (Lipinski definition) is 4. The quantitative estimate of drug-likeness (QED) is 0.283. The van der Waals surface area contributed by atoms with Gasteiger partial charge in [-0.15, -0.1) is 0 Å². The predicted molar refractivity (Wildman–Crippen MR) is 159 cm³/mol. The van der Waals surface area contributed by atoms with Gasteiger partial charge in [-0.1, -0.05) is 76.9 Å². The Labute approximate surface area is 224 Å². The van der Waals surface area contributed by atoms with E-state index < -0.39 is 0 Å². The van der Waals surface area contributed by atoms with E-state index in [1.54, 1.807) is 0 Å². The number of hydrogen-bond donors (Lipinski definition) is 0. The molecule has 4 heteroatoms. The lowest BCUT2D eigenvalue weighted by Gasteiger charge is -2.31. The van der Waals surface area contributed by atoms with Crippen LogP contribution >= 0.6 is 0 Å². The highest BCUT2D eigenvalue weighted by molar-refractivity contribution is 6.20. The van der Waals surface area contributed by atoms with E-state index in [0.29, 0.717) is 17.5 Å². The summed E-state index contributed by atoms with van der Waals surface area (Å²) >= 11 is 0. The van der Waals surface area contributed by atoms with Crippen molar-refractivity contribution in [2.45, 2.75) is 51.5 Å². The first kappa shape index (κ1) is 24.3. The molecule has 0 bridgehead atoms. The minimum absolute atomic E-state index is 0.157. The van der Waals surface area contributed by atoms with Crippen molar-refractivity contribution in [1.82, 2.24) is 4.98 Å². The maximum Gasteiger partial charge on any atom is 0.227 e. The normalized spacial score (nSPS) is 19.9. The third-order valence-corrected chi connectivity index (χ3v) is 8.35. The molecule has 38 heavy (non-hydrogen) atoms. The number of benzene rings is 2. The standard InChI is InChI=1S/C34H33N3O/c1-7-28-24-12-10-9-11-23(24)25-15-13-22-14-16-26-27-17-18-30(20(5)19(3)4)37-34(27)38-33(26)31(22)29(8-2)35-21(6)32(25)36-28/h7-12,14,16-20,25,32H,1-2,6,13,15H2,3-5H3. The molecule has 6 rings (SSSR count). The minimum Gasteiger partial charge on any atom is -0.437 e. The Bertz CT molecular complexity index is 1680. The Morgan fingerprint density at radius 3 is 2.47 bits per heavy atom. The number of furan rings is 1. The average Bonchev–Trinajstić information content (AvgIpc) is 3.32. The van der Waals surface area contributed by atoms with Gasteiger partial charge in [0.1, 0.15) is 5.58 Å². The summed E-state index contributed by atoms with van der Waals surface area (Å²) in [5.74, 6) is 1.02.